The normalized spacial score (nSPS) is 16.8. The van der Waals surface area contributed by atoms with Crippen molar-refractivity contribution in [2.75, 3.05) is 40.4 Å². The van der Waals surface area contributed by atoms with Gasteiger partial charge in [0.2, 0.25) is 6.43 Å². The minimum absolute atomic E-state index is 0. The Kier molecular flexibility index (Phi) is 8.02. The molecule has 1 atom stereocenters. The average molecular weight is 351 g/mol. The molecule has 0 bridgehead atoms. The number of rotatable bonds is 6. The molecular weight excluding hydrogens is 326 g/mol. The minimum atomic E-state index is -2.38. The van der Waals surface area contributed by atoms with Crippen molar-refractivity contribution in [3.8, 4) is 11.5 Å². The van der Waals surface area contributed by atoms with Crippen LogP contribution in [0.15, 0.2) is 12.1 Å². The number of hydrogen-bond donors (Lipinski definition) is 1. The van der Waals surface area contributed by atoms with E-state index in [9.17, 15) is 8.78 Å². The molecular formula is C16H25ClF2N2O2. The van der Waals surface area contributed by atoms with Crippen molar-refractivity contribution in [3.63, 3.8) is 0 Å². The van der Waals surface area contributed by atoms with Crippen molar-refractivity contribution in [2.45, 2.75) is 25.8 Å². The quantitative estimate of drug-likeness (QED) is 0.855. The van der Waals surface area contributed by atoms with E-state index in [2.05, 4.69) is 10.2 Å². The maximum atomic E-state index is 13.2. The van der Waals surface area contributed by atoms with Crippen molar-refractivity contribution in [1.82, 2.24) is 10.2 Å². The molecule has 0 aromatic heterocycles. The molecule has 0 saturated carbocycles. The van der Waals surface area contributed by atoms with E-state index in [0.29, 0.717) is 11.5 Å². The van der Waals surface area contributed by atoms with E-state index in [-0.39, 0.29) is 18.8 Å². The fourth-order valence-corrected chi connectivity index (χ4v) is 3.01. The molecule has 4 nitrogen and oxygen atoms in total. The SMILES string of the molecule is COc1cc(C)cc(OC)c1[C@H](CC(F)F)N1CCNCC1.Cl. The van der Waals surface area contributed by atoms with Crippen LogP contribution in [0, 0.1) is 6.92 Å². The van der Waals surface area contributed by atoms with Gasteiger partial charge in [-0.2, -0.15) is 0 Å². The number of halogens is 3. The van der Waals surface area contributed by atoms with Crippen molar-refractivity contribution in [1.29, 1.82) is 0 Å². The molecule has 1 aliphatic heterocycles. The van der Waals surface area contributed by atoms with E-state index in [1.54, 1.807) is 14.2 Å². The van der Waals surface area contributed by atoms with Gasteiger partial charge in [-0.3, -0.25) is 4.90 Å². The molecule has 1 saturated heterocycles. The highest BCUT2D eigenvalue weighted by atomic mass is 35.5. The Hall–Kier alpha value is -1.11. The number of nitrogens with one attached hydrogen (secondary N) is 1. The zero-order valence-electron chi connectivity index (χ0n) is 13.8. The second-order valence-electron chi connectivity index (χ2n) is 5.51. The molecule has 1 fully saturated rings. The molecule has 132 valence electrons. The first-order valence-electron chi connectivity index (χ1n) is 7.52. The van der Waals surface area contributed by atoms with Crippen LogP contribution in [-0.2, 0) is 0 Å². The summed E-state index contributed by atoms with van der Waals surface area (Å²) in [6.07, 6.45) is -2.61. The first-order chi connectivity index (χ1) is 10.6. The fourth-order valence-electron chi connectivity index (χ4n) is 3.01. The number of aryl methyl sites for hydroxylation is 1. The topological polar surface area (TPSA) is 33.7 Å². The largest absolute Gasteiger partial charge is 0.496 e. The molecule has 1 aromatic rings. The summed E-state index contributed by atoms with van der Waals surface area (Å²) in [7, 11) is 3.13. The summed E-state index contributed by atoms with van der Waals surface area (Å²) >= 11 is 0. The summed E-state index contributed by atoms with van der Waals surface area (Å²) in [5, 5.41) is 3.25. The molecule has 2 rings (SSSR count). The van der Waals surface area contributed by atoms with Crippen LogP contribution in [0.1, 0.15) is 23.6 Å². The van der Waals surface area contributed by atoms with Crippen molar-refractivity contribution in [2.24, 2.45) is 0 Å². The number of methoxy groups -OCH3 is 2. The molecule has 0 amide bonds. The van der Waals surface area contributed by atoms with Gasteiger partial charge in [0.25, 0.3) is 0 Å². The minimum Gasteiger partial charge on any atom is -0.496 e. The molecule has 1 aromatic carbocycles. The lowest BCUT2D eigenvalue weighted by Gasteiger charge is -2.36. The average Bonchev–Trinajstić information content (AvgIpc) is 2.52. The molecule has 7 heteroatoms. The Morgan fingerprint density at radius 2 is 1.65 bits per heavy atom. The Labute approximate surface area is 142 Å². The standard InChI is InChI=1S/C16H24F2N2O2.ClH/c1-11-8-13(21-2)16(14(9-11)22-3)12(10-15(17)18)20-6-4-19-5-7-20;/h8-9,12,15,19H,4-7,10H2,1-3H3;1H/t12-;/m0./s1. The summed E-state index contributed by atoms with van der Waals surface area (Å²) < 4.78 is 37.2. The van der Waals surface area contributed by atoms with Crippen molar-refractivity contribution < 1.29 is 18.3 Å². The number of piperazine rings is 1. The van der Waals surface area contributed by atoms with Crippen LogP contribution >= 0.6 is 12.4 Å². The first-order valence-corrected chi connectivity index (χ1v) is 7.52. The monoisotopic (exact) mass is 350 g/mol. The molecule has 0 aliphatic carbocycles. The van der Waals surface area contributed by atoms with Gasteiger partial charge in [-0.05, 0) is 24.6 Å². The van der Waals surface area contributed by atoms with E-state index in [0.717, 1.165) is 37.3 Å². The molecule has 1 N–H and O–H groups in total. The highest BCUT2D eigenvalue weighted by molar-refractivity contribution is 5.85. The number of hydrogen-bond acceptors (Lipinski definition) is 4. The third-order valence-corrected chi connectivity index (χ3v) is 4.02. The van der Waals surface area contributed by atoms with E-state index >= 15 is 0 Å². The smallest absolute Gasteiger partial charge is 0.240 e. The van der Waals surface area contributed by atoms with Gasteiger partial charge in [-0.25, -0.2) is 8.78 Å². The molecule has 0 unspecified atom stereocenters. The summed E-state index contributed by atoms with van der Waals surface area (Å²) in [6.45, 7) is 5.00. The Morgan fingerprint density at radius 1 is 1.13 bits per heavy atom. The number of benzene rings is 1. The van der Waals surface area contributed by atoms with E-state index < -0.39 is 12.5 Å². The lowest BCUT2D eigenvalue weighted by atomic mass is 9.97. The first kappa shape index (κ1) is 19.9. The van der Waals surface area contributed by atoms with Crippen LogP contribution in [0.5, 0.6) is 11.5 Å². The highest BCUT2D eigenvalue weighted by Gasteiger charge is 2.30. The third kappa shape index (κ3) is 4.93. The summed E-state index contributed by atoms with van der Waals surface area (Å²) in [4.78, 5) is 2.08. The maximum absolute atomic E-state index is 13.2. The van der Waals surface area contributed by atoms with Gasteiger partial charge < -0.3 is 14.8 Å². The van der Waals surface area contributed by atoms with Crippen LogP contribution < -0.4 is 14.8 Å². The summed E-state index contributed by atoms with van der Waals surface area (Å²) in [6, 6.07) is 3.34. The van der Waals surface area contributed by atoms with Crippen LogP contribution in [-0.4, -0.2) is 51.7 Å². The summed E-state index contributed by atoms with van der Waals surface area (Å²) in [5.74, 6) is 1.22. The second-order valence-corrected chi connectivity index (χ2v) is 5.51. The van der Waals surface area contributed by atoms with Crippen molar-refractivity contribution in [3.05, 3.63) is 23.3 Å². The fraction of sp³-hybridized carbons (Fsp3) is 0.625. The molecule has 1 aliphatic rings. The number of alkyl halides is 2. The van der Waals surface area contributed by atoms with Gasteiger partial charge in [0, 0.05) is 38.6 Å². The van der Waals surface area contributed by atoms with Crippen LogP contribution in [0.2, 0.25) is 0 Å². The lowest BCUT2D eigenvalue weighted by molar-refractivity contribution is 0.0718. The second kappa shape index (κ2) is 9.25. The van der Waals surface area contributed by atoms with Gasteiger partial charge in [-0.15, -0.1) is 12.4 Å². The molecule has 23 heavy (non-hydrogen) atoms. The zero-order valence-corrected chi connectivity index (χ0v) is 14.6. The van der Waals surface area contributed by atoms with Gasteiger partial charge in [0.1, 0.15) is 11.5 Å². The molecule has 1 heterocycles. The maximum Gasteiger partial charge on any atom is 0.240 e. The number of ether oxygens (including phenoxy) is 2. The van der Waals surface area contributed by atoms with E-state index in [1.807, 2.05) is 19.1 Å². The zero-order chi connectivity index (χ0) is 16.1. The highest BCUT2D eigenvalue weighted by Crippen LogP contribution is 2.41. The third-order valence-electron chi connectivity index (χ3n) is 4.02. The van der Waals surface area contributed by atoms with Gasteiger partial charge >= 0.3 is 0 Å². The van der Waals surface area contributed by atoms with Crippen molar-refractivity contribution >= 4 is 12.4 Å². The summed E-state index contributed by atoms with van der Waals surface area (Å²) in [5.41, 5.74) is 1.70. The van der Waals surface area contributed by atoms with Crippen LogP contribution in [0.4, 0.5) is 8.78 Å². The Balaban J connectivity index is 0.00000264. The Bertz CT molecular complexity index is 472. The van der Waals surface area contributed by atoms with Gasteiger partial charge in [0.15, 0.2) is 0 Å². The molecule has 0 radical (unpaired) electrons. The van der Waals surface area contributed by atoms with Crippen LogP contribution in [0.3, 0.4) is 0 Å². The predicted molar refractivity (Wildman–Crippen MR) is 89.3 cm³/mol. The van der Waals surface area contributed by atoms with Gasteiger partial charge in [-0.1, -0.05) is 0 Å². The van der Waals surface area contributed by atoms with E-state index in [4.69, 9.17) is 9.47 Å². The predicted octanol–water partition coefficient (Wildman–Crippen LogP) is 3.04. The van der Waals surface area contributed by atoms with Gasteiger partial charge in [0.05, 0.1) is 19.8 Å². The lowest BCUT2D eigenvalue weighted by Crippen LogP contribution is -2.45. The number of nitrogens with zero attached hydrogens (tertiary/aromatic N) is 1. The van der Waals surface area contributed by atoms with Crippen LogP contribution in [0.25, 0.3) is 0 Å². The molecule has 0 spiro atoms. The van der Waals surface area contributed by atoms with E-state index in [1.165, 1.54) is 0 Å². The Morgan fingerprint density at radius 3 is 2.09 bits per heavy atom.